The number of methoxy groups -OCH3 is 2. The zero-order valence-electron chi connectivity index (χ0n) is 13.2. The van der Waals surface area contributed by atoms with Crippen LogP contribution in [-0.2, 0) is 16.0 Å². The summed E-state index contributed by atoms with van der Waals surface area (Å²) < 4.78 is 10.2. The summed E-state index contributed by atoms with van der Waals surface area (Å²) in [4.78, 5) is 28.0. The van der Waals surface area contributed by atoms with Crippen molar-refractivity contribution in [3.63, 3.8) is 0 Å². The number of esters is 1. The van der Waals surface area contributed by atoms with Gasteiger partial charge in [-0.3, -0.25) is 4.79 Å². The van der Waals surface area contributed by atoms with E-state index < -0.39 is 12.0 Å². The van der Waals surface area contributed by atoms with Gasteiger partial charge in [-0.1, -0.05) is 11.6 Å². The summed E-state index contributed by atoms with van der Waals surface area (Å²) in [6, 6.07) is 5.97. The predicted molar refractivity (Wildman–Crippen MR) is 91.8 cm³/mol. The summed E-state index contributed by atoms with van der Waals surface area (Å²) in [6.45, 7) is 0.432. The summed E-state index contributed by atoms with van der Waals surface area (Å²) in [5.41, 5.74) is 1.16. The Kier molecular flexibility index (Phi) is 4.78. The molecule has 0 spiro atoms. The first-order valence-electron chi connectivity index (χ1n) is 7.35. The topological polar surface area (TPSA) is 55.8 Å². The summed E-state index contributed by atoms with van der Waals surface area (Å²) in [6.07, 6.45) is 0.703. The van der Waals surface area contributed by atoms with Crippen molar-refractivity contribution in [1.29, 1.82) is 0 Å². The van der Waals surface area contributed by atoms with Gasteiger partial charge in [0.05, 0.1) is 19.8 Å². The Labute approximate surface area is 148 Å². The highest BCUT2D eigenvalue weighted by atomic mass is 35.5. The van der Waals surface area contributed by atoms with Crippen molar-refractivity contribution < 1.29 is 19.1 Å². The van der Waals surface area contributed by atoms with E-state index in [1.165, 1.54) is 19.1 Å². The fraction of sp³-hybridized carbons (Fsp3) is 0.294. The van der Waals surface area contributed by atoms with Crippen LogP contribution in [0.2, 0.25) is 5.02 Å². The van der Waals surface area contributed by atoms with Gasteiger partial charge in [0.15, 0.2) is 6.04 Å². The number of hydrogen-bond donors (Lipinski definition) is 0. The maximum absolute atomic E-state index is 13.1. The molecule has 2 aromatic rings. The third-order valence-corrected chi connectivity index (χ3v) is 5.27. The van der Waals surface area contributed by atoms with Crippen LogP contribution in [0.1, 0.15) is 26.8 Å². The lowest BCUT2D eigenvalue weighted by atomic mass is 9.98. The molecule has 7 heteroatoms. The Balaban J connectivity index is 2.03. The minimum atomic E-state index is -0.749. The maximum Gasteiger partial charge on any atom is 0.333 e. The van der Waals surface area contributed by atoms with E-state index in [0.29, 0.717) is 29.3 Å². The third kappa shape index (κ3) is 2.87. The zero-order valence-corrected chi connectivity index (χ0v) is 14.8. The minimum absolute atomic E-state index is 0.304. The van der Waals surface area contributed by atoms with Gasteiger partial charge >= 0.3 is 5.97 Å². The van der Waals surface area contributed by atoms with Gasteiger partial charge < -0.3 is 14.4 Å². The minimum Gasteiger partial charge on any atom is -0.496 e. The summed E-state index contributed by atoms with van der Waals surface area (Å²) in [5.74, 6) is -0.338. The van der Waals surface area contributed by atoms with Crippen molar-refractivity contribution in [2.24, 2.45) is 0 Å². The van der Waals surface area contributed by atoms with E-state index in [0.717, 1.165) is 10.4 Å². The van der Waals surface area contributed by atoms with Crippen molar-refractivity contribution in [3.05, 3.63) is 50.7 Å². The molecule has 1 unspecified atom stereocenters. The van der Waals surface area contributed by atoms with Crippen LogP contribution in [0.25, 0.3) is 0 Å². The van der Waals surface area contributed by atoms with Crippen molar-refractivity contribution in [3.8, 4) is 5.75 Å². The summed E-state index contributed by atoms with van der Waals surface area (Å²) in [5, 5.41) is 2.36. The molecular formula is C17H16ClNO4S. The molecule has 1 aliphatic heterocycles. The molecule has 0 N–H and O–H groups in total. The zero-order chi connectivity index (χ0) is 17.3. The molecule has 5 nitrogen and oxygen atoms in total. The largest absolute Gasteiger partial charge is 0.496 e. The van der Waals surface area contributed by atoms with E-state index >= 15 is 0 Å². The number of ether oxygens (including phenoxy) is 2. The van der Waals surface area contributed by atoms with Crippen LogP contribution in [0, 0.1) is 0 Å². The molecule has 1 aromatic carbocycles. The van der Waals surface area contributed by atoms with Crippen molar-refractivity contribution >= 4 is 34.8 Å². The first-order valence-corrected chi connectivity index (χ1v) is 8.61. The number of thiophene rings is 1. The van der Waals surface area contributed by atoms with Gasteiger partial charge in [0.2, 0.25) is 0 Å². The Morgan fingerprint density at radius 1 is 1.29 bits per heavy atom. The van der Waals surface area contributed by atoms with Crippen molar-refractivity contribution in [2.45, 2.75) is 12.5 Å². The molecule has 0 saturated heterocycles. The van der Waals surface area contributed by atoms with Crippen LogP contribution in [-0.4, -0.2) is 37.5 Å². The van der Waals surface area contributed by atoms with Gasteiger partial charge in [-0.2, -0.15) is 0 Å². The molecule has 0 fully saturated rings. The number of fused-ring (bicyclic) bond motifs is 1. The third-order valence-electron chi connectivity index (χ3n) is 4.04. The Hall–Kier alpha value is -2.05. The van der Waals surface area contributed by atoms with Crippen LogP contribution in [0.15, 0.2) is 29.6 Å². The first kappa shape index (κ1) is 16.8. The number of rotatable bonds is 3. The highest BCUT2D eigenvalue weighted by molar-refractivity contribution is 7.10. The van der Waals surface area contributed by atoms with Crippen LogP contribution < -0.4 is 4.74 Å². The molecule has 0 bridgehead atoms. The van der Waals surface area contributed by atoms with Crippen LogP contribution in [0.3, 0.4) is 0 Å². The summed E-state index contributed by atoms with van der Waals surface area (Å²) >= 11 is 7.62. The molecule has 1 atom stereocenters. The lowest BCUT2D eigenvalue weighted by molar-refractivity contribution is -0.146. The maximum atomic E-state index is 13.1. The van der Waals surface area contributed by atoms with E-state index in [1.807, 2.05) is 11.4 Å². The second-order valence-corrected chi connectivity index (χ2v) is 6.76. The Morgan fingerprint density at radius 3 is 2.79 bits per heavy atom. The summed E-state index contributed by atoms with van der Waals surface area (Å²) in [7, 11) is 2.82. The van der Waals surface area contributed by atoms with Gasteiger partial charge in [-0.05, 0) is 41.6 Å². The Bertz CT molecular complexity index is 789. The molecule has 0 saturated carbocycles. The second-order valence-electron chi connectivity index (χ2n) is 5.32. The smallest absolute Gasteiger partial charge is 0.333 e. The van der Waals surface area contributed by atoms with Gasteiger partial charge in [0.25, 0.3) is 5.91 Å². The molecule has 24 heavy (non-hydrogen) atoms. The van der Waals surface area contributed by atoms with E-state index in [1.54, 1.807) is 29.5 Å². The van der Waals surface area contributed by atoms with E-state index in [4.69, 9.17) is 21.1 Å². The molecular weight excluding hydrogens is 350 g/mol. The van der Waals surface area contributed by atoms with Crippen molar-refractivity contribution in [1.82, 2.24) is 4.90 Å². The van der Waals surface area contributed by atoms with E-state index in [2.05, 4.69) is 0 Å². The SMILES string of the molecule is COC(=O)C1c2ccsc2CCN1C(=O)c1cc(Cl)ccc1OC. The molecule has 0 radical (unpaired) electrons. The molecule has 3 rings (SSSR count). The number of carbonyl (C=O) groups is 2. The van der Waals surface area contributed by atoms with Gasteiger partial charge in [-0.25, -0.2) is 4.79 Å². The molecule has 1 aromatic heterocycles. The van der Waals surface area contributed by atoms with E-state index in [-0.39, 0.29) is 5.91 Å². The van der Waals surface area contributed by atoms with E-state index in [9.17, 15) is 9.59 Å². The number of amides is 1. The number of nitrogens with zero attached hydrogens (tertiary/aromatic N) is 1. The highest BCUT2D eigenvalue weighted by Crippen LogP contribution is 2.36. The Morgan fingerprint density at radius 2 is 2.08 bits per heavy atom. The number of carbonyl (C=O) groups excluding carboxylic acids is 2. The fourth-order valence-corrected chi connectivity index (χ4v) is 3.98. The molecule has 1 amide bonds. The molecule has 2 heterocycles. The highest BCUT2D eigenvalue weighted by Gasteiger charge is 2.38. The number of benzene rings is 1. The lowest BCUT2D eigenvalue weighted by Crippen LogP contribution is -2.43. The number of halogens is 1. The average molecular weight is 366 g/mol. The van der Waals surface area contributed by atoms with Gasteiger partial charge in [0, 0.05) is 16.4 Å². The first-order chi connectivity index (χ1) is 11.6. The average Bonchev–Trinajstić information content (AvgIpc) is 3.08. The monoisotopic (exact) mass is 365 g/mol. The number of hydrogen-bond acceptors (Lipinski definition) is 5. The van der Waals surface area contributed by atoms with Crippen LogP contribution in [0.5, 0.6) is 5.75 Å². The fourth-order valence-electron chi connectivity index (χ4n) is 2.90. The van der Waals surface area contributed by atoms with Crippen LogP contribution in [0.4, 0.5) is 0 Å². The van der Waals surface area contributed by atoms with Crippen LogP contribution >= 0.6 is 22.9 Å². The van der Waals surface area contributed by atoms with Crippen molar-refractivity contribution in [2.75, 3.05) is 20.8 Å². The predicted octanol–water partition coefficient (Wildman–Crippen LogP) is 3.32. The lowest BCUT2D eigenvalue weighted by Gasteiger charge is -2.34. The normalized spacial score (nSPS) is 16.5. The quantitative estimate of drug-likeness (QED) is 0.783. The van der Waals surface area contributed by atoms with Gasteiger partial charge in [-0.15, -0.1) is 11.3 Å². The molecule has 126 valence electrons. The second kappa shape index (κ2) is 6.83. The molecule has 1 aliphatic rings. The molecule has 0 aliphatic carbocycles. The van der Waals surface area contributed by atoms with Gasteiger partial charge in [0.1, 0.15) is 5.75 Å². The standard InChI is InChI=1S/C17H16ClNO4S/c1-22-13-4-3-10(18)9-12(13)16(20)19-7-5-14-11(6-8-24-14)15(19)17(21)23-2/h3-4,6,8-9,15H,5,7H2,1-2H3.